The highest BCUT2D eigenvalue weighted by atomic mass is 28.4. The highest BCUT2D eigenvalue weighted by Crippen LogP contribution is 2.02. The third-order valence-electron chi connectivity index (χ3n) is 2.81. The van der Waals surface area contributed by atoms with E-state index in [1.54, 1.807) is 20.8 Å². The van der Waals surface area contributed by atoms with Crippen LogP contribution in [-0.4, -0.2) is 53.2 Å². The lowest BCUT2D eigenvalue weighted by Crippen LogP contribution is -2.27. The summed E-state index contributed by atoms with van der Waals surface area (Å²) in [6, 6.07) is 0. The number of hydrogen-bond donors (Lipinski definition) is 0. The summed E-state index contributed by atoms with van der Waals surface area (Å²) in [5.74, 6) is -0.979. The predicted octanol–water partition coefficient (Wildman–Crippen LogP) is 4.60. The van der Waals surface area contributed by atoms with Gasteiger partial charge < -0.3 is 18.6 Å². The van der Waals surface area contributed by atoms with Crippen LogP contribution in [0.5, 0.6) is 0 Å². The molecule has 0 unspecified atom stereocenters. The van der Waals surface area contributed by atoms with Gasteiger partial charge in [0.25, 0.3) is 0 Å². The van der Waals surface area contributed by atoms with E-state index in [1.807, 2.05) is 0 Å². The maximum Gasteiger partial charge on any atom is 0.333 e. The molecular weight excluding hydrogens is 404 g/mol. The van der Waals surface area contributed by atoms with E-state index in [2.05, 4.69) is 51.0 Å². The molecular formula is C22H40O7Si. The lowest BCUT2D eigenvalue weighted by atomic mass is 10.3. The second-order valence-electron chi connectivity index (χ2n) is 7.42. The van der Waals surface area contributed by atoms with Gasteiger partial charge in [-0.3, -0.25) is 0 Å². The molecule has 0 aliphatic rings. The van der Waals surface area contributed by atoms with Gasteiger partial charge in [0.15, 0.2) is 8.32 Å². The summed E-state index contributed by atoms with van der Waals surface area (Å²) < 4.78 is 19.4. The first-order valence-corrected chi connectivity index (χ1v) is 13.1. The number of esters is 3. The monoisotopic (exact) mass is 444 g/mol. The smallest absolute Gasteiger partial charge is 0.333 e. The zero-order valence-corrected chi connectivity index (χ0v) is 21.0. The summed E-state index contributed by atoms with van der Waals surface area (Å²) in [7, 11) is -0.140. The van der Waals surface area contributed by atoms with E-state index in [0.29, 0.717) is 36.5 Å². The van der Waals surface area contributed by atoms with Crippen LogP contribution in [0.1, 0.15) is 40.5 Å². The summed E-state index contributed by atoms with van der Waals surface area (Å²) >= 11 is 0. The van der Waals surface area contributed by atoms with Crippen molar-refractivity contribution < 1.29 is 33.0 Å². The second-order valence-corrected chi connectivity index (χ2v) is 11.9. The van der Waals surface area contributed by atoms with Crippen molar-refractivity contribution in [3.63, 3.8) is 0 Å². The molecule has 0 N–H and O–H groups in total. The van der Waals surface area contributed by atoms with Crippen LogP contribution in [0.4, 0.5) is 0 Å². The van der Waals surface area contributed by atoms with Crippen molar-refractivity contribution in [1.29, 1.82) is 0 Å². The van der Waals surface area contributed by atoms with Gasteiger partial charge in [-0.2, -0.15) is 0 Å². The molecule has 8 heteroatoms. The third-order valence-corrected chi connectivity index (χ3v) is 3.88. The Bertz CT molecular complexity index is 575. The van der Waals surface area contributed by atoms with Crippen LogP contribution in [-0.2, 0) is 33.0 Å². The average molecular weight is 445 g/mol. The van der Waals surface area contributed by atoms with Gasteiger partial charge in [0.2, 0.25) is 0 Å². The van der Waals surface area contributed by atoms with Crippen LogP contribution in [0.15, 0.2) is 36.5 Å². The minimum atomic E-state index is -1.47. The molecule has 0 fully saturated rings. The molecule has 174 valence electrons. The molecule has 0 aromatic heterocycles. The summed E-state index contributed by atoms with van der Waals surface area (Å²) in [6.07, 6.45) is 1.97. The summed E-state index contributed by atoms with van der Waals surface area (Å²) in [6.45, 7) is 24.8. The van der Waals surface area contributed by atoms with Gasteiger partial charge in [-0.1, -0.05) is 33.1 Å². The summed E-state index contributed by atoms with van der Waals surface area (Å²) in [4.78, 5) is 31.8. The molecule has 0 rings (SSSR count). The van der Waals surface area contributed by atoms with Crippen LogP contribution in [0.25, 0.3) is 0 Å². The van der Waals surface area contributed by atoms with Crippen molar-refractivity contribution in [2.45, 2.75) is 60.2 Å². The Hall–Kier alpha value is -2.19. The maximum absolute atomic E-state index is 10.9. The van der Waals surface area contributed by atoms with Gasteiger partial charge in [-0.15, -0.1) is 0 Å². The zero-order valence-electron chi connectivity index (χ0n) is 20.0. The largest absolute Gasteiger partial charge is 0.466 e. The Labute approximate surface area is 183 Å². The molecule has 0 spiro atoms. The molecule has 0 bridgehead atoms. The van der Waals surface area contributed by atoms with Crippen LogP contribution >= 0.6 is 0 Å². The van der Waals surface area contributed by atoms with Gasteiger partial charge in [0.05, 0.1) is 20.3 Å². The van der Waals surface area contributed by atoms with Gasteiger partial charge in [-0.25, -0.2) is 14.4 Å². The molecule has 0 saturated carbocycles. The number of ether oxygens (including phenoxy) is 3. The normalized spacial score (nSPS) is 9.60. The van der Waals surface area contributed by atoms with E-state index >= 15 is 0 Å². The second kappa shape index (κ2) is 18.8. The summed E-state index contributed by atoms with van der Waals surface area (Å²) in [5.41, 5.74) is 1.33. The van der Waals surface area contributed by atoms with Crippen LogP contribution in [0, 0.1) is 0 Å². The average Bonchev–Trinajstić information content (AvgIpc) is 2.64. The third kappa shape index (κ3) is 25.8. The number of unbranched alkanes of at least 4 members (excludes halogenated alkanes) is 1. The topological polar surface area (TPSA) is 88.1 Å². The van der Waals surface area contributed by atoms with Crippen molar-refractivity contribution >= 4 is 26.2 Å². The molecule has 0 aliphatic heterocycles. The number of carbonyl (C=O) groups is 3. The van der Waals surface area contributed by atoms with E-state index < -0.39 is 8.32 Å². The van der Waals surface area contributed by atoms with Crippen molar-refractivity contribution in [2.24, 2.45) is 0 Å². The minimum absolute atomic E-state index is 0.284. The fourth-order valence-electron chi connectivity index (χ4n) is 1.21. The minimum Gasteiger partial charge on any atom is -0.466 e. The van der Waals surface area contributed by atoms with Crippen molar-refractivity contribution in [1.82, 2.24) is 0 Å². The standard InChI is InChI=1S/C9H18O3Si.C8H14O2.C5H8O2/c1-8(2)9(10)11-6-7-12-13(3,4)5;1-4-5-6-10-8(9)7(2)3;1-4(2)5(6)7-3/h1,6-7H2,2-5H3;2,4-6H2,1,3H3;1H2,2-3H3. The highest BCUT2D eigenvalue weighted by molar-refractivity contribution is 6.69. The van der Waals surface area contributed by atoms with Gasteiger partial charge >= 0.3 is 17.9 Å². The van der Waals surface area contributed by atoms with Crippen molar-refractivity contribution in [2.75, 3.05) is 26.9 Å². The van der Waals surface area contributed by atoms with E-state index in [-0.39, 0.29) is 17.9 Å². The molecule has 0 radical (unpaired) electrons. The first-order valence-electron chi connectivity index (χ1n) is 9.72. The number of rotatable bonds is 10. The van der Waals surface area contributed by atoms with Crippen LogP contribution in [0.2, 0.25) is 19.6 Å². The quantitative estimate of drug-likeness (QED) is 0.160. The molecule has 30 heavy (non-hydrogen) atoms. The van der Waals surface area contributed by atoms with E-state index in [9.17, 15) is 14.4 Å². The van der Waals surface area contributed by atoms with Crippen molar-refractivity contribution in [3.8, 4) is 0 Å². The fraction of sp³-hybridized carbons (Fsp3) is 0.591. The van der Waals surface area contributed by atoms with Gasteiger partial charge in [-0.05, 0) is 46.8 Å². The zero-order chi connectivity index (χ0) is 24.3. The first-order chi connectivity index (χ1) is 13.7. The Morgan fingerprint density at radius 2 is 1.13 bits per heavy atom. The van der Waals surface area contributed by atoms with Crippen LogP contribution in [0.3, 0.4) is 0 Å². The van der Waals surface area contributed by atoms with E-state index in [4.69, 9.17) is 13.9 Å². The molecule has 0 aromatic carbocycles. The Morgan fingerprint density at radius 3 is 1.40 bits per heavy atom. The predicted molar refractivity (Wildman–Crippen MR) is 123 cm³/mol. The molecule has 0 amide bonds. The number of carbonyl (C=O) groups excluding carboxylic acids is 3. The van der Waals surface area contributed by atoms with E-state index in [1.165, 1.54) is 7.11 Å². The van der Waals surface area contributed by atoms with Crippen LogP contribution < -0.4 is 0 Å². The Kier molecular flexibility index (Phi) is 20.4. The Morgan fingerprint density at radius 1 is 0.733 bits per heavy atom. The maximum atomic E-state index is 10.9. The molecule has 0 heterocycles. The lowest BCUT2D eigenvalue weighted by molar-refractivity contribution is -0.140. The molecule has 7 nitrogen and oxygen atoms in total. The number of hydrogen-bond acceptors (Lipinski definition) is 7. The molecule has 0 atom stereocenters. The first kappa shape index (κ1) is 32.5. The lowest BCUT2D eigenvalue weighted by Gasteiger charge is -2.16. The molecule has 0 saturated heterocycles. The molecule has 0 aliphatic carbocycles. The Balaban J connectivity index is -0.000000383. The SMILES string of the molecule is C=C(C)C(=O)OC.C=C(C)C(=O)OCCCC.C=C(C)C(=O)OCCO[Si](C)(C)C. The van der Waals surface area contributed by atoms with Crippen molar-refractivity contribution in [3.05, 3.63) is 36.5 Å². The molecule has 0 aromatic rings. The van der Waals surface area contributed by atoms with E-state index in [0.717, 1.165) is 12.8 Å². The van der Waals surface area contributed by atoms with Gasteiger partial charge in [0.1, 0.15) is 6.61 Å². The highest BCUT2D eigenvalue weighted by Gasteiger charge is 2.13. The summed E-state index contributed by atoms with van der Waals surface area (Å²) in [5, 5.41) is 0. The van der Waals surface area contributed by atoms with Gasteiger partial charge in [0, 0.05) is 16.7 Å². The number of methoxy groups -OCH3 is 1. The fourth-order valence-corrected chi connectivity index (χ4v) is 1.91.